The highest BCUT2D eigenvalue weighted by atomic mass is 15.1. The van der Waals surface area contributed by atoms with E-state index < -0.39 is 0 Å². The minimum Gasteiger partial charge on any atom is -0.299 e. The van der Waals surface area contributed by atoms with Crippen molar-refractivity contribution in [3.05, 3.63) is 41.8 Å². The van der Waals surface area contributed by atoms with E-state index in [4.69, 9.17) is 0 Å². The smallest absolute Gasteiger partial charge is 0.0233 e. The first kappa shape index (κ1) is 9.72. The molecule has 0 bridgehead atoms. The molecular weight excluding hydrogens is 170 g/mol. The lowest BCUT2D eigenvalue weighted by Crippen LogP contribution is -2.29. The van der Waals surface area contributed by atoms with E-state index in [0.29, 0.717) is 0 Å². The Bertz CT molecular complexity index is 287. The van der Waals surface area contributed by atoms with Crippen molar-refractivity contribution in [3.8, 4) is 0 Å². The van der Waals surface area contributed by atoms with Crippen molar-refractivity contribution >= 4 is 0 Å². The zero-order valence-corrected chi connectivity index (χ0v) is 8.87. The average molecular weight is 188 g/mol. The second-order valence-electron chi connectivity index (χ2n) is 4.13. The van der Waals surface area contributed by atoms with Gasteiger partial charge in [0.1, 0.15) is 0 Å². The van der Waals surface area contributed by atoms with E-state index in [1.54, 1.807) is 0 Å². The Morgan fingerprint density at radius 3 is 2.71 bits per heavy atom. The van der Waals surface area contributed by atoms with Crippen LogP contribution in [0.1, 0.15) is 24.0 Å². The van der Waals surface area contributed by atoms with Crippen LogP contribution in [0.3, 0.4) is 0 Å². The molecule has 1 fully saturated rings. The number of benzene rings is 1. The quantitative estimate of drug-likeness (QED) is 0.690. The molecule has 1 heteroatoms. The molecule has 14 heavy (non-hydrogen) atoms. The molecule has 1 aromatic rings. The molecule has 0 amide bonds. The highest BCUT2D eigenvalue weighted by Gasteiger charge is 2.09. The van der Waals surface area contributed by atoms with Crippen LogP contribution in [0.2, 0.25) is 0 Å². The van der Waals surface area contributed by atoms with Crippen LogP contribution in [0.25, 0.3) is 0 Å². The van der Waals surface area contributed by atoms with Crippen molar-refractivity contribution in [2.45, 2.75) is 26.3 Å². The molecule has 1 aliphatic rings. The third-order valence-corrected chi connectivity index (χ3v) is 2.79. The Labute approximate surface area is 86.7 Å². The van der Waals surface area contributed by atoms with Gasteiger partial charge >= 0.3 is 0 Å². The summed E-state index contributed by atoms with van der Waals surface area (Å²) in [5, 5.41) is 0. The molecule has 2 rings (SSSR count). The van der Waals surface area contributed by atoms with E-state index in [9.17, 15) is 0 Å². The molecule has 1 aliphatic heterocycles. The van der Waals surface area contributed by atoms with Gasteiger partial charge in [-0.05, 0) is 44.8 Å². The van der Waals surface area contributed by atoms with Crippen LogP contribution in [0, 0.1) is 13.3 Å². The molecule has 75 valence electrons. The monoisotopic (exact) mass is 188 g/mol. The third-order valence-electron chi connectivity index (χ3n) is 2.79. The summed E-state index contributed by atoms with van der Waals surface area (Å²) in [7, 11) is 0. The summed E-state index contributed by atoms with van der Waals surface area (Å²) in [6.45, 7) is 5.74. The fourth-order valence-corrected chi connectivity index (χ4v) is 2.03. The summed E-state index contributed by atoms with van der Waals surface area (Å²) < 4.78 is 0. The minimum atomic E-state index is 1.12. The number of piperidine rings is 1. The molecule has 0 saturated carbocycles. The number of hydrogen-bond donors (Lipinski definition) is 0. The largest absolute Gasteiger partial charge is 0.299 e. The van der Waals surface area contributed by atoms with Crippen LogP contribution in [0.15, 0.2) is 24.3 Å². The summed E-state index contributed by atoms with van der Waals surface area (Å²) >= 11 is 0. The first-order chi connectivity index (χ1) is 6.84. The van der Waals surface area contributed by atoms with Crippen LogP contribution in [0.4, 0.5) is 0 Å². The number of rotatable bonds is 2. The number of aryl methyl sites for hydroxylation is 1. The maximum Gasteiger partial charge on any atom is 0.0233 e. The maximum absolute atomic E-state index is 2.54. The summed E-state index contributed by atoms with van der Waals surface area (Å²) in [5.74, 6) is 0. The first-order valence-electron chi connectivity index (χ1n) is 5.44. The molecule has 0 aromatic heterocycles. The summed E-state index contributed by atoms with van der Waals surface area (Å²) in [4.78, 5) is 2.54. The molecule has 0 atom stereocenters. The van der Waals surface area contributed by atoms with Gasteiger partial charge in [-0.1, -0.05) is 29.8 Å². The van der Waals surface area contributed by atoms with E-state index in [0.717, 1.165) is 6.54 Å². The first-order valence-corrected chi connectivity index (χ1v) is 5.44. The van der Waals surface area contributed by atoms with E-state index in [1.165, 1.54) is 37.1 Å². The zero-order valence-electron chi connectivity index (χ0n) is 8.87. The van der Waals surface area contributed by atoms with E-state index in [1.807, 2.05) is 0 Å². The average Bonchev–Trinajstić information content (AvgIpc) is 2.19. The Kier molecular flexibility index (Phi) is 3.20. The van der Waals surface area contributed by atoms with Crippen molar-refractivity contribution in [1.82, 2.24) is 4.90 Å². The normalized spacial score (nSPS) is 18.4. The van der Waals surface area contributed by atoms with Gasteiger partial charge in [0.2, 0.25) is 0 Å². The molecule has 1 nitrogen and oxygen atoms in total. The van der Waals surface area contributed by atoms with Crippen LogP contribution >= 0.6 is 0 Å². The minimum absolute atomic E-state index is 1.12. The lowest BCUT2D eigenvalue weighted by atomic mass is 10.1. The van der Waals surface area contributed by atoms with Crippen molar-refractivity contribution < 1.29 is 0 Å². The Balaban J connectivity index is 1.95. The molecule has 1 radical (unpaired) electrons. The van der Waals surface area contributed by atoms with Crippen molar-refractivity contribution in [1.29, 1.82) is 0 Å². The van der Waals surface area contributed by atoms with Gasteiger partial charge in [-0.25, -0.2) is 0 Å². The van der Waals surface area contributed by atoms with Gasteiger partial charge in [0.25, 0.3) is 0 Å². The second-order valence-corrected chi connectivity index (χ2v) is 4.13. The zero-order chi connectivity index (χ0) is 9.80. The maximum atomic E-state index is 2.54. The Morgan fingerprint density at radius 1 is 1.21 bits per heavy atom. The predicted octanol–water partition coefficient (Wildman–Crippen LogP) is 2.80. The summed E-state index contributed by atoms with van der Waals surface area (Å²) in [6, 6.07) is 8.83. The SMILES string of the molecule is Cc1cccc(CN2CC[CH]CC2)c1. The lowest BCUT2D eigenvalue weighted by molar-refractivity contribution is 0.246. The van der Waals surface area contributed by atoms with E-state index >= 15 is 0 Å². The predicted molar refractivity (Wildman–Crippen MR) is 60.0 cm³/mol. The molecule has 0 N–H and O–H groups in total. The fraction of sp³-hybridized carbons (Fsp3) is 0.462. The van der Waals surface area contributed by atoms with Crippen molar-refractivity contribution in [2.75, 3.05) is 13.1 Å². The number of nitrogens with zero attached hydrogens (tertiary/aromatic N) is 1. The summed E-state index contributed by atoms with van der Waals surface area (Å²) in [6.07, 6.45) is 4.91. The van der Waals surface area contributed by atoms with E-state index in [-0.39, 0.29) is 0 Å². The molecule has 0 aliphatic carbocycles. The molecule has 1 aromatic carbocycles. The van der Waals surface area contributed by atoms with Crippen LogP contribution < -0.4 is 0 Å². The van der Waals surface area contributed by atoms with Crippen molar-refractivity contribution in [2.24, 2.45) is 0 Å². The number of hydrogen-bond acceptors (Lipinski definition) is 1. The lowest BCUT2D eigenvalue weighted by Gasteiger charge is -2.26. The van der Waals surface area contributed by atoms with Gasteiger partial charge in [0.05, 0.1) is 0 Å². The highest BCUT2D eigenvalue weighted by molar-refractivity contribution is 5.22. The molecule has 1 heterocycles. The fourth-order valence-electron chi connectivity index (χ4n) is 2.03. The standard InChI is InChI=1S/C13H18N/c1-12-6-5-7-13(10-12)11-14-8-3-2-4-9-14/h2,5-7,10H,3-4,8-9,11H2,1H3. The van der Waals surface area contributed by atoms with Gasteiger partial charge in [0, 0.05) is 6.54 Å². The Hall–Kier alpha value is -0.820. The topological polar surface area (TPSA) is 3.24 Å². The van der Waals surface area contributed by atoms with Crippen LogP contribution in [-0.2, 0) is 6.54 Å². The highest BCUT2D eigenvalue weighted by Crippen LogP contribution is 2.12. The van der Waals surface area contributed by atoms with Gasteiger partial charge < -0.3 is 0 Å². The molecule has 0 spiro atoms. The third kappa shape index (κ3) is 2.58. The van der Waals surface area contributed by atoms with E-state index in [2.05, 4.69) is 42.5 Å². The molecule has 1 saturated heterocycles. The second kappa shape index (κ2) is 4.61. The van der Waals surface area contributed by atoms with Crippen molar-refractivity contribution in [3.63, 3.8) is 0 Å². The summed E-state index contributed by atoms with van der Waals surface area (Å²) in [5.41, 5.74) is 2.82. The van der Waals surface area contributed by atoms with Gasteiger partial charge in [-0.15, -0.1) is 0 Å². The van der Waals surface area contributed by atoms with Gasteiger partial charge in [-0.3, -0.25) is 4.90 Å². The Morgan fingerprint density at radius 2 is 2.00 bits per heavy atom. The molecule has 0 unspecified atom stereocenters. The van der Waals surface area contributed by atoms with Crippen LogP contribution in [0.5, 0.6) is 0 Å². The number of likely N-dealkylation sites (tertiary alicyclic amines) is 1. The van der Waals surface area contributed by atoms with Crippen LogP contribution in [-0.4, -0.2) is 18.0 Å². The molecular formula is C13H18N. The van der Waals surface area contributed by atoms with Gasteiger partial charge in [-0.2, -0.15) is 0 Å². The van der Waals surface area contributed by atoms with Gasteiger partial charge in [0.15, 0.2) is 0 Å².